The molecule has 32 heavy (non-hydrogen) atoms. The topological polar surface area (TPSA) is 63.5 Å². The molecule has 2 aromatic carbocycles. The molecule has 5 nitrogen and oxygen atoms in total. The van der Waals surface area contributed by atoms with Crippen LogP contribution in [-0.2, 0) is 11.8 Å². The highest BCUT2D eigenvalue weighted by atomic mass is 16.5. The van der Waals surface area contributed by atoms with Gasteiger partial charge in [0.05, 0.1) is 32.3 Å². The molecular weight excluding hydrogens is 400 g/mol. The first-order valence-electron chi connectivity index (χ1n) is 11.6. The minimum atomic E-state index is -0.506. The van der Waals surface area contributed by atoms with Gasteiger partial charge in [-0.05, 0) is 87.0 Å². The summed E-state index contributed by atoms with van der Waals surface area (Å²) in [5.41, 5.74) is 1.78. The molecule has 174 valence electrons. The summed E-state index contributed by atoms with van der Waals surface area (Å²) in [6.45, 7) is 8.70. The Labute approximate surface area is 193 Å². The van der Waals surface area contributed by atoms with E-state index in [0.717, 1.165) is 61.6 Å². The lowest BCUT2D eigenvalue weighted by atomic mass is 9.70. The summed E-state index contributed by atoms with van der Waals surface area (Å²) in [4.78, 5) is 0. The summed E-state index contributed by atoms with van der Waals surface area (Å²) in [7, 11) is 3.31. The van der Waals surface area contributed by atoms with Crippen LogP contribution in [0.15, 0.2) is 42.5 Å². The molecule has 1 unspecified atom stereocenters. The number of hydrogen-bond acceptors (Lipinski definition) is 5. The maximum Gasteiger partial charge on any atom is 0.160 e. The summed E-state index contributed by atoms with van der Waals surface area (Å²) < 4.78 is 16.3. The zero-order valence-corrected chi connectivity index (χ0v) is 20.2. The molecule has 5 heteroatoms. The minimum Gasteiger partial charge on any atom is -0.494 e. The van der Waals surface area contributed by atoms with Crippen LogP contribution >= 0.6 is 0 Å². The van der Waals surface area contributed by atoms with E-state index in [1.54, 1.807) is 14.2 Å². The molecule has 0 aliphatic carbocycles. The number of nitrogens with zero attached hydrogens (tertiary/aromatic N) is 1. The van der Waals surface area contributed by atoms with Crippen LogP contribution in [0.2, 0.25) is 0 Å². The van der Waals surface area contributed by atoms with Crippen molar-refractivity contribution >= 4 is 0 Å². The SMILES string of the molecule is CCOc1cccc(C(C#N)(CCCNCCCc2ccc(OC)c(OC)c2)C(C)C)c1. The Bertz CT molecular complexity index is 875. The third-order valence-electron chi connectivity index (χ3n) is 6.04. The maximum atomic E-state index is 10.1. The molecule has 2 rings (SSSR count). The van der Waals surface area contributed by atoms with Crippen LogP contribution in [0.25, 0.3) is 0 Å². The average molecular weight is 439 g/mol. The van der Waals surface area contributed by atoms with Gasteiger partial charge in [0.25, 0.3) is 0 Å². The van der Waals surface area contributed by atoms with Gasteiger partial charge in [-0.3, -0.25) is 0 Å². The number of methoxy groups -OCH3 is 2. The fourth-order valence-electron chi connectivity index (χ4n) is 4.12. The highest BCUT2D eigenvalue weighted by molar-refractivity contribution is 5.43. The fraction of sp³-hybridized carbons (Fsp3) is 0.519. The van der Waals surface area contributed by atoms with Crippen molar-refractivity contribution in [1.82, 2.24) is 5.32 Å². The number of ether oxygens (including phenoxy) is 3. The van der Waals surface area contributed by atoms with Crippen molar-refractivity contribution < 1.29 is 14.2 Å². The lowest BCUT2D eigenvalue weighted by Gasteiger charge is -2.31. The highest BCUT2D eigenvalue weighted by Gasteiger charge is 2.35. The van der Waals surface area contributed by atoms with Crippen LogP contribution in [0.3, 0.4) is 0 Å². The minimum absolute atomic E-state index is 0.217. The molecule has 0 radical (unpaired) electrons. The Balaban J connectivity index is 1.84. The average Bonchev–Trinajstić information content (AvgIpc) is 2.81. The molecule has 0 aromatic heterocycles. The van der Waals surface area contributed by atoms with Crippen molar-refractivity contribution in [2.75, 3.05) is 33.9 Å². The van der Waals surface area contributed by atoms with Crippen LogP contribution < -0.4 is 19.5 Å². The summed E-state index contributed by atoms with van der Waals surface area (Å²) in [5.74, 6) is 2.58. The molecule has 0 heterocycles. The van der Waals surface area contributed by atoms with Crippen molar-refractivity contribution in [2.45, 2.75) is 51.9 Å². The second-order valence-corrected chi connectivity index (χ2v) is 8.35. The summed E-state index contributed by atoms with van der Waals surface area (Å²) in [5, 5.41) is 13.7. The first kappa shape index (κ1) is 25.5. The number of hydrogen-bond donors (Lipinski definition) is 1. The van der Waals surface area contributed by atoms with Gasteiger partial charge in [0.1, 0.15) is 5.75 Å². The van der Waals surface area contributed by atoms with E-state index >= 15 is 0 Å². The second kappa shape index (κ2) is 13.0. The van der Waals surface area contributed by atoms with Gasteiger partial charge in [0.2, 0.25) is 0 Å². The third-order valence-corrected chi connectivity index (χ3v) is 6.04. The van der Waals surface area contributed by atoms with Gasteiger partial charge in [-0.2, -0.15) is 5.26 Å². The Hall–Kier alpha value is -2.71. The first-order chi connectivity index (χ1) is 15.5. The van der Waals surface area contributed by atoms with Gasteiger partial charge >= 0.3 is 0 Å². The van der Waals surface area contributed by atoms with E-state index in [4.69, 9.17) is 14.2 Å². The van der Waals surface area contributed by atoms with Gasteiger partial charge in [-0.15, -0.1) is 0 Å². The van der Waals surface area contributed by atoms with E-state index in [9.17, 15) is 5.26 Å². The molecule has 0 aliphatic heterocycles. The van der Waals surface area contributed by atoms with Gasteiger partial charge in [-0.25, -0.2) is 0 Å². The van der Waals surface area contributed by atoms with Gasteiger partial charge in [0.15, 0.2) is 11.5 Å². The third kappa shape index (κ3) is 6.64. The van der Waals surface area contributed by atoms with Crippen LogP contribution in [-0.4, -0.2) is 33.9 Å². The van der Waals surface area contributed by atoms with Crippen LogP contribution in [0.5, 0.6) is 17.2 Å². The van der Waals surface area contributed by atoms with E-state index < -0.39 is 5.41 Å². The standard InChI is InChI=1S/C27H38N2O3/c1-6-32-24-12-7-11-23(19-24)27(20-28,21(2)3)15-9-17-29-16-8-10-22-13-14-25(30-4)26(18-22)31-5/h7,11-14,18-19,21,29H,6,8-10,15-17H2,1-5H3. The Kier molecular flexibility index (Phi) is 10.4. The molecule has 2 aromatic rings. The smallest absolute Gasteiger partial charge is 0.160 e. The van der Waals surface area contributed by atoms with Crippen LogP contribution in [0, 0.1) is 17.2 Å². The maximum absolute atomic E-state index is 10.1. The molecule has 0 saturated carbocycles. The predicted octanol–water partition coefficient (Wildman–Crippen LogP) is 5.52. The molecule has 0 spiro atoms. The Morgan fingerprint density at radius 3 is 2.41 bits per heavy atom. The Morgan fingerprint density at radius 1 is 1.00 bits per heavy atom. The van der Waals surface area contributed by atoms with E-state index in [1.807, 2.05) is 37.3 Å². The number of aryl methyl sites for hydroxylation is 1. The van der Waals surface area contributed by atoms with E-state index in [2.05, 4.69) is 37.4 Å². The van der Waals surface area contributed by atoms with E-state index in [0.29, 0.717) is 6.61 Å². The monoisotopic (exact) mass is 438 g/mol. The number of nitriles is 1. The zero-order chi connectivity index (χ0) is 23.4. The van der Waals surface area contributed by atoms with Crippen molar-refractivity contribution in [1.29, 1.82) is 5.26 Å². The molecule has 1 N–H and O–H groups in total. The summed E-state index contributed by atoms with van der Waals surface area (Å²) in [6.07, 6.45) is 3.78. The molecule has 0 fully saturated rings. The van der Waals surface area contributed by atoms with E-state index in [1.165, 1.54) is 5.56 Å². The summed E-state index contributed by atoms with van der Waals surface area (Å²) in [6, 6.07) is 16.7. The number of benzene rings is 2. The fourth-order valence-corrected chi connectivity index (χ4v) is 4.12. The zero-order valence-electron chi connectivity index (χ0n) is 20.2. The Morgan fingerprint density at radius 2 is 1.75 bits per heavy atom. The van der Waals surface area contributed by atoms with Gasteiger partial charge in [0, 0.05) is 0 Å². The molecule has 0 amide bonds. The van der Waals surface area contributed by atoms with Crippen molar-refractivity contribution in [3.63, 3.8) is 0 Å². The van der Waals surface area contributed by atoms with E-state index in [-0.39, 0.29) is 5.92 Å². The van der Waals surface area contributed by atoms with Crippen LogP contribution in [0.4, 0.5) is 0 Å². The molecule has 0 bridgehead atoms. The quantitative estimate of drug-likeness (QED) is 0.393. The lowest BCUT2D eigenvalue weighted by molar-refractivity contribution is 0.332. The normalized spacial score (nSPS) is 12.8. The molecular formula is C27H38N2O3. The second-order valence-electron chi connectivity index (χ2n) is 8.35. The number of rotatable bonds is 14. The highest BCUT2D eigenvalue weighted by Crippen LogP contribution is 2.37. The van der Waals surface area contributed by atoms with Crippen molar-refractivity contribution in [3.05, 3.63) is 53.6 Å². The van der Waals surface area contributed by atoms with Gasteiger partial charge in [-0.1, -0.05) is 32.0 Å². The molecule has 0 aliphatic rings. The predicted molar refractivity (Wildman–Crippen MR) is 130 cm³/mol. The van der Waals surface area contributed by atoms with Crippen molar-refractivity contribution in [3.8, 4) is 23.3 Å². The largest absolute Gasteiger partial charge is 0.494 e. The number of nitrogens with one attached hydrogen (secondary N) is 1. The molecule has 0 saturated heterocycles. The first-order valence-corrected chi connectivity index (χ1v) is 11.6. The lowest BCUT2D eigenvalue weighted by Crippen LogP contribution is -2.32. The van der Waals surface area contributed by atoms with Crippen LogP contribution in [0.1, 0.15) is 51.2 Å². The summed E-state index contributed by atoms with van der Waals surface area (Å²) >= 11 is 0. The van der Waals surface area contributed by atoms with Gasteiger partial charge < -0.3 is 19.5 Å². The molecule has 1 atom stereocenters. The van der Waals surface area contributed by atoms with Crippen molar-refractivity contribution in [2.24, 2.45) is 5.92 Å².